The van der Waals surface area contributed by atoms with E-state index in [0.717, 1.165) is 41.9 Å². The monoisotopic (exact) mass is 427 g/mol. The smallest absolute Gasteiger partial charge is 0.352 e. The van der Waals surface area contributed by atoms with Crippen molar-refractivity contribution >= 4 is 29.3 Å². The molecule has 31 heavy (non-hydrogen) atoms. The Morgan fingerprint density at radius 3 is 2.55 bits per heavy atom. The summed E-state index contributed by atoms with van der Waals surface area (Å²) in [4.78, 5) is 30.0. The first-order chi connectivity index (χ1) is 14.8. The van der Waals surface area contributed by atoms with Crippen molar-refractivity contribution in [1.29, 1.82) is 0 Å². The largest absolute Gasteiger partial charge is 0.416 e. The van der Waals surface area contributed by atoms with E-state index in [0.29, 0.717) is 31.0 Å². The van der Waals surface area contributed by atoms with E-state index in [-0.39, 0.29) is 17.9 Å². The summed E-state index contributed by atoms with van der Waals surface area (Å²) < 4.78 is 38.3. The number of piperazine rings is 1. The standard InChI is InChI=1S/C22H20F3N5O/c1-14-11-26-19-18(14)20(28-13-27-19)29-8-9-30(21(12-29)6-7-21)17(31)10-15-2-4-16(5-3-15)22(23,24)25/h2-5,11,13H,1,6-10,12H2. The van der Waals surface area contributed by atoms with Crippen LogP contribution in [0.4, 0.5) is 24.8 Å². The van der Waals surface area contributed by atoms with Crippen molar-refractivity contribution in [3.05, 3.63) is 53.9 Å². The summed E-state index contributed by atoms with van der Waals surface area (Å²) in [5.74, 6) is 1.34. The Bertz CT molecular complexity index is 1090. The molecule has 0 N–H and O–H groups in total. The third-order valence-electron chi connectivity index (χ3n) is 6.19. The van der Waals surface area contributed by atoms with E-state index in [1.807, 2.05) is 4.90 Å². The molecule has 1 amide bonds. The molecule has 1 saturated heterocycles. The second-order valence-electron chi connectivity index (χ2n) is 8.24. The van der Waals surface area contributed by atoms with Gasteiger partial charge in [0.1, 0.15) is 12.1 Å². The molecule has 2 aliphatic heterocycles. The number of benzene rings is 1. The van der Waals surface area contributed by atoms with Crippen molar-refractivity contribution in [3.8, 4) is 0 Å². The maximum Gasteiger partial charge on any atom is 0.416 e. The molecule has 0 bridgehead atoms. The SMILES string of the molecule is C=C1C=Nc2ncnc(N3CCN(C(=O)Cc4ccc(C(F)(F)F)cc4)C4(CC4)C3)c21. The Hall–Kier alpha value is -3.23. The average molecular weight is 427 g/mol. The van der Waals surface area contributed by atoms with E-state index < -0.39 is 11.7 Å². The van der Waals surface area contributed by atoms with Crippen LogP contribution in [0.25, 0.3) is 5.57 Å². The molecule has 2 aromatic rings. The van der Waals surface area contributed by atoms with E-state index in [1.54, 1.807) is 6.21 Å². The lowest BCUT2D eigenvalue weighted by molar-refractivity contribution is -0.137. The zero-order valence-electron chi connectivity index (χ0n) is 16.7. The van der Waals surface area contributed by atoms with Crippen molar-refractivity contribution in [3.63, 3.8) is 0 Å². The molecular weight excluding hydrogens is 407 g/mol. The third-order valence-corrected chi connectivity index (χ3v) is 6.19. The number of hydrogen-bond acceptors (Lipinski definition) is 5. The zero-order chi connectivity index (χ0) is 21.8. The molecule has 1 saturated carbocycles. The van der Waals surface area contributed by atoms with Crippen LogP contribution in [0.2, 0.25) is 0 Å². The first kappa shape index (κ1) is 19.7. The summed E-state index contributed by atoms with van der Waals surface area (Å²) >= 11 is 0. The lowest BCUT2D eigenvalue weighted by Gasteiger charge is -2.43. The lowest BCUT2D eigenvalue weighted by Crippen LogP contribution is -2.57. The van der Waals surface area contributed by atoms with Gasteiger partial charge in [-0.1, -0.05) is 18.7 Å². The lowest BCUT2D eigenvalue weighted by atomic mass is 10.0. The number of anilines is 1. The van der Waals surface area contributed by atoms with Crippen molar-refractivity contribution in [2.24, 2.45) is 4.99 Å². The van der Waals surface area contributed by atoms with Gasteiger partial charge in [0, 0.05) is 31.4 Å². The first-order valence-electron chi connectivity index (χ1n) is 10.1. The summed E-state index contributed by atoms with van der Waals surface area (Å²) in [6.45, 7) is 5.82. The number of allylic oxidation sites excluding steroid dienone is 1. The van der Waals surface area contributed by atoms with Gasteiger partial charge in [-0.3, -0.25) is 4.79 Å². The maximum atomic E-state index is 13.0. The van der Waals surface area contributed by atoms with Gasteiger partial charge in [-0.05, 0) is 30.5 Å². The highest BCUT2D eigenvalue weighted by Crippen LogP contribution is 2.46. The number of carbonyl (C=O) groups excluding carboxylic acids is 1. The highest BCUT2D eigenvalue weighted by Gasteiger charge is 2.53. The van der Waals surface area contributed by atoms with Gasteiger partial charge in [-0.25, -0.2) is 15.0 Å². The number of aliphatic imine (C=N–C) groups is 1. The highest BCUT2D eigenvalue weighted by molar-refractivity contribution is 6.17. The Kier molecular flexibility index (Phi) is 4.39. The summed E-state index contributed by atoms with van der Waals surface area (Å²) in [6, 6.07) is 4.81. The topological polar surface area (TPSA) is 61.7 Å². The van der Waals surface area contributed by atoms with Crippen LogP contribution in [-0.4, -0.2) is 52.2 Å². The second-order valence-corrected chi connectivity index (χ2v) is 8.24. The van der Waals surface area contributed by atoms with Crippen molar-refractivity contribution in [2.45, 2.75) is 31.0 Å². The molecule has 3 aliphatic rings. The quantitative estimate of drug-likeness (QED) is 0.750. The van der Waals surface area contributed by atoms with Gasteiger partial charge < -0.3 is 9.80 Å². The fourth-order valence-corrected chi connectivity index (χ4v) is 4.40. The predicted molar refractivity (Wildman–Crippen MR) is 110 cm³/mol. The van der Waals surface area contributed by atoms with E-state index in [9.17, 15) is 18.0 Å². The zero-order valence-corrected chi connectivity index (χ0v) is 16.7. The molecule has 6 nitrogen and oxygen atoms in total. The average Bonchev–Trinajstić information content (AvgIpc) is 3.39. The van der Waals surface area contributed by atoms with Crippen LogP contribution in [0.5, 0.6) is 0 Å². The van der Waals surface area contributed by atoms with Crippen molar-refractivity contribution in [1.82, 2.24) is 14.9 Å². The van der Waals surface area contributed by atoms with Gasteiger partial charge in [0.15, 0.2) is 5.82 Å². The molecule has 1 aromatic carbocycles. The van der Waals surface area contributed by atoms with Crippen LogP contribution < -0.4 is 4.90 Å². The summed E-state index contributed by atoms with van der Waals surface area (Å²) in [6.07, 6.45) is 0.674. The minimum Gasteiger partial charge on any atom is -0.352 e. The number of halogens is 3. The maximum absolute atomic E-state index is 13.0. The van der Waals surface area contributed by atoms with Crippen LogP contribution in [0.15, 0.2) is 42.2 Å². The molecule has 0 atom stereocenters. The molecule has 9 heteroatoms. The molecular formula is C22H20F3N5O. The van der Waals surface area contributed by atoms with Gasteiger partial charge in [0.2, 0.25) is 5.91 Å². The molecule has 0 radical (unpaired) electrons. The van der Waals surface area contributed by atoms with Gasteiger partial charge in [0.25, 0.3) is 0 Å². The van der Waals surface area contributed by atoms with Crippen LogP contribution in [0.1, 0.15) is 29.5 Å². The number of carbonyl (C=O) groups is 1. The number of hydrogen-bond donors (Lipinski definition) is 0. The molecule has 3 heterocycles. The number of nitrogens with zero attached hydrogens (tertiary/aromatic N) is 5. The number of amides is 1. The fourth-order valence-electron chi connectivity index (χ4n) is 4.40. The minimum atomic E-state index is -4.38. The molecule has 0 unspecified atom stereocenters. The number of alkyl halides is 3. The summed E-state index contributed by atoms with van der Waals surface area (Å²) in [5, 5.41) is 0. The summed E-state index contributed by atoms with van der Waals surface area (Å²) in [7, 11) is 0. The van der Waals surface area contributed by atoms with Crippen LogP contribution in [0, 0.1) is 0 Å². The van der Waals surface area contributed by atoms with Gasteiger partial charge in [0.05, 0.1) is 23.1 Å². The second kappa shape index (κ2) is 6.90. The Balaban J connectivity index is 1.30. The number of rotatable bonds is 3. The van der Waals surface area contributed by atoms with E-state index in [1.165, 1.54) is 18.5 Å². The van der Waals surface area contributed by atoms with E-state index in [2.05, 4.69) is 26.4 Å². The van der Waals surface area contributed by atoms with Crippen LogP contribution >= 0.6 is 0 Å². The molecule has 1 aromatic heterocycles. The van der Waals surface area contributed by atoms with E-state index >= 15 is 0 Å². The molecule has 1 aliphatic carbocycles. The minimum absolute atomic E-state index is 0.0578. The number of aromatic nitrogens is 2. The fraction of sp³-hybridized carbons (Fsp3) is 0.364. The predicted octanol–water partition coefficient (Wildman–Crippen LogP) is 3.65. The summed E-state index contributed by atoms with van der Waals surface area (Å²) in [5.41, 5.74) is 1.23. The van der Waals surface area contributed by atoms with Crippen molar-refractivity contribution in [2.75, 3.05) is 24.5 Å². The van der Waals surface area contributed by atoms with Gasteiger partial charge >= 0.3 is 6.18 Å². The van der Waals surface area contributed by atoms with Gasteiger partial charge in [-0.2, -0.15) is 13.2 Å². The van der Waals surface area contributed by atoms with Crippen LogP contribution in [-0.2, 0) is 17.4 Å². The number of fused-ring (bicyclic) bond motifs is 1. The van der Waals surface area contributed by atoms with Crippen molar-refractivity contribution < 1.29 is 18.0 Å². The Morgan fingerprint density at radius 2 is 1.87 bits per heavy atom. The van der Waals surface area contributed by atoms with Crippen LogP contribution in [0.3, 0.4) is 0 Å². The van der Waals surface area contributed by atoms with Gasteiger partial charge in [-0.15, -0.1) is 0 Å². The molecule has 2 fully saturated rings. The molecule has 5 rings (SSSR count). The Labute approximate surface area is 177 Å². The highest BCUT2D eigenvalue weighted by atomic mass is 19.4. The molecule has 160 valence electrons. The normalized spacial score (nSPS) is 19.1. The van der Waals surface area contributed by atoms with E-state index in [4.69, 9.17) is 0 Å². The molecule has 1 spiro atoms. The Morgan fingerprint density at radius 1 is 1.13 bits per heavy atom. The third kappa shape index (κ3) is 3.47. The first-order valence-corrected chi connectivity index (χ1v) is 10.1.